The average molecular weight is 254 g/mol. The number of nitrogens with zero attached hydrogens (tertiary/aromatic N) is 4. The zero-order chi connectivity index (χ0) is 12.4. The standard InChI is InChI=1S/C9H7FN4O2S/c1-14-4-12-13-9(14)17-7-6(8(15)16)2-5(10)3-11-7/h2-4H,1H3,(H,15,16). The molecule has 0 aromatic carbocycles. The maximum absolute atomic E-state index is 12.9. The molecule has 0 unspecified atom stereocenters. The average Bonchev–Trinajstić information content (AvgIpc) is 2.67. The summed E-state index contributed by atoms with van der Waals surface area (Å²) in [4.78, 5) is 14.7. The number of carbonyl (C=O) groups is 1. The topological polar surface area (TPSA) is 80.9 Å². The number of carboxylic acids is 1. The molecule has 2 aromatic rings. The number of aromatic nitrogens is 4. The first-order valence-corrected chi connectivity index (χ1v) is 5.30. The van der Waals surface area contributed by atoms with Crippen molar-refractivity contribution in [2.75, 3.05) is 0 Å². The molecule has 0 amide bonds. The van der Waals surface area contributed by atoms with Crippen LogP contribution in [0, 0.1) is 5.82 Å². The van der Waals surface area contributed by atoms with Crippen molar-refractivity contribution < 1.29 is 14.3 Å². The van der Waals surface area contributed by atoms with Crippen LogP contribution >= 0.6 is 11.8 Å². The van der Waals surface area contributed by atoms with Gasteiger partial charge in [-0.2, -0.15) is 0 Å². The van der Waals surface area contributed by atoms with Crippen molar-refractivity contribution in [3.63, 3.8) is 0 Å². The summed E-state index contributed by atoms with van der Waals surface area (Å²) >= 11 is 1.02. The molecule has 2 heterocycles. The molecule has 6 nitrogen and oxygen atoms in total. The van der Waals surface area contributed by atoms with Crippen LogP contribution in [0.4, 0.5) is 4.39 Å². The van der Waals surface area contributed by atoms with Crippen LogP contribution in [0.1, 0.15) is 10.4 Å². The van der Waals surface area contributed by atoms with Gasteiger partial charge in [-0.1, -0.05) is 0 Å². The number of carboxylic acid groups (broad SMARTS) is 1. The zero-order valence-corrected chi connectivity index (χ0v) is 9.48. The van der Waals surface area contributed by atoms with Crippen LogP contribution in [0.2, 0.25) is 0 Å². The largest absolute Gasteiger partial charge is 0.478 e. The molecule has 88 valence electrons. The Balaban J connectivity index is 2.39. The second-order valence-corrected chi connectivity index (χ2v) is 4.09. The third kappa shape index (κ3) is 2.41. The van der Waals surface area contributed by atoms with Crippen molar-refractivity contribution in [2.45, 2.75) is 10.2 Å². The highest BCUT2D eigenvalue weighted by atomic mass is 32.2. The molecule has 8 heteroatoms. The van der Waals surface area contributed by atoms with Crippen LogP contribution in [0.25, 0.3) is 0 Å². The van der Waals surface area contributed by atoms with Crippen LogP contribution in [-0.4, -0.2) is 30.8 Å². The molecule has 17 heavy (non-hydrogen) atoms. The molecule has 0 aliphatic rings. The first-order valence-electron chi connectivity index (χ1n) is 4.48. The van der Waals surface area contributed by atoms with Gasteiger partial charge in [-0.15, -0.1) is 10.2 Å². The lowest BCUT2D eigenvalue weighted by atomic mass is 10.3. The molecule has 0 saturated carbocycles. The molecule has 2 rings (SSSR count). The summed E-state index contributed by atoms with van der Waals surface area (Å²) in [6, 6.07) is 0.925. The van der Waals surface area contributed by atoms with Crippen LogP contribution in [-0.2, 0) is 7.05 Å². The van der Waals surface area contributed by atoms with Gasteiger partial charge in [0, 0.05) is 7.05 Å². The van der Waals surface area contributed by atoms with Crippen molar-refractivity contribution in [1.82, 2.24) is 19.7 Å². The van der Waals surface area contributed by atoms with Crippen molar-refractivity contribution in [1.29, 1.82) is 0 Å². The van der Waals surface area contributed by atoms with Crippen LogP contribution in [0.5, 0.6) is 0 Å². The van der Waals surface area contributed by atoms with E-state index in [0.29, 0.717) is 5.16 Å². The number of rotatable bonds is 3. The number of hydrogen-bond acceptors (Lipinski definition) is 5. The second kappa shape index (κ2) is 4.50. The van der Waals surface area contributed by atoms with E-state index in [1.54, 1.807) is 11.6 Å². The summed E-state index contributed by atoms with van der Waals surface area (Å²) in [5.74, 6) is -1.92. The van der Waals surface area contributed by atoms with E-state index in [1.807, 2.05) is 0 Å². The fourth-order valence-electron chi connectivity index (χ4n) is 1.11. The van der Waals surface area contributed by atoms with E-state index in [4.69, 9.17) is 5.11 Å². The Kier molecular flexibility index (Phi) is 3.05. The predicted molar refractivity (Wildman–Crippen MR) is 56.3 cm³/mol. The summed E-state index contributed by atoms with van der Waals surface area (Å²) in [5.41, 5.74) is -0.196. The van der Waals surface area contributed by atoms with E-state index < -0.39 is 11.8 Å². The minimum Gasteiger partial charge on any atom is -0.478 e. The molecule has 0 spiro atoms. The number of pyridine rings is 1. The summed E-state index contributed by atoms with van der Waals surface area (Å²) in [7, 11) is 1.71. The van der Waals surface area contributed by atoms with Crippen molar-refractivity contribution in [3.8, 4) is 0 Å². The highest BCUT2D eigenvalue weighted by Crippen LogP contribution is 2.26. The Morgan fingerprint density at radius 1 is 1.59 bits per heavy atom. The lowest BCUT2D eigenvalue weighted by Crippen LogP contribution is -2.02. The third-order valence-corrected chi connectivity index (χ3v) is 2.98. The summed E-state index contributed by atoms with van der Waals surface area (Å²) < 4.78 is 14.5. The van der Waals surface area contributed by atoms with E-state index in [1.165, 1.54) is 6.33 Å². The van der Waals surface area contributed by atoms with Gasteiger partial charge in [0.05, 0.1) is 11.8 Å². The fraction of sp³-hybridized carbons (Fsp3) is 0.111. The SMILES string of the molecule is Cn1cnnc1Sc1ncc(F)cc1C(=O)O. The number of aryl methyl sites for hydroxylation is 1. The van der Waals surface area contributed by atoms with Gasteiger partial charge in [0.25, 0.3) is 0 Å². The first kappa shape index (κ1) is 11.5. The zero-order valence-electron chi connectivity index (χ0n) is 8.66. The summed E-state index contributed by atoms with van der Waals surface area (Å²) in [5, 5.41) is 17.0. The van der Waals surface area contributed by atoms with E-state index >= 15 is 0 Å². The Morgan fingerprint density at radius 3 is 2.94 bits per heavy atom. The predicted octanol–water partition coefficient (Wildman–Crippen LogP) is 1.20. The van der Waals surface area contributed by atoms with Gasteiger partial charge in [0.1, 0.15) is 17.2 Å². The third-order valence-electron chi connectivity index (χ3n) is 1.91. The van der Waals surface area contributed by atoms with Gasteiger partial charge in [-0.3, -0.25) is 0 Å². The quantitative estimate of drug-likeness (QED) is 0.886. The molecule has 0 saturated heterocycles. The van der Waals surface area contributed by atoms with Crippen molar-refractivity contribution in [2.24, 2.45) is 7.05 Å². The summed E-state index contributed by atoms with van der Waals surface area (Å²) in [6.07, 6.45) is 2.44. The van der Waals surface area contributed by atoms with Crippen LogP contribution in [0.15, 0.2) is 28.8 Å². The van der Waals surface area contributed by atoms with Crippen LogP contribution < -0.4 is 0 Å². The van der Waals surface area contributed by atoms with Gasteiger partial charge in [0.15, 0.2) is 5.16 Å². The minimum absolute atomic E-state index is 0.176. The number of halogens is 1. The molecular formula is C9H7FN4O2S. The Bertz CT molecular complexity index is 572. The summed E-state index contributed by atoms with van der Waals surface area (Å²) in [6.45, 7) is 0. The molecule has 0 atom stereocenters. The lowest BCUT2D eigenvalue weighted by Gasteiger charge is -2.03. The monoisotopic (exact) mass is 254 g/mol. The molecule has 0 aliphatic carbocycles. The minimum atomic E-state index is -1.23. The van der Waals surface area contributed by atoms with E-state index in [-0.39, 0.29) is 10.6 Å². The van der Waals surface area contributed by atoms with Crippen LogP contribution in [0.3, 0.4) is 0 Å². The normalized spacial score (nSPS) is 10.5. The maximum atomic E-state index is 12.9. The smallest absolute Gasteiger partial charge is 0.338 e. The van der Waals surface area contributed by atoms with E-state index in [9.17, 15) is 9.18 Å². The van der Waals surface area contributed by atoms with Crippen molar-refractivity contribution in [3.05, 3.63) is 30.0 Å². The Hall–Kier alpha value is -1.96. The molecule has 0 bridgehead atoms. The fourth-order valence-corrected chi connectivity index (χ4v) is 1.93. The molecule has 1 N–H and O–H groups in total. The van der Waals surface area contributed by atoms with Gasteiger partial charge in [-0.05, 0) is 17.8 Å². The number of aromatic carboxylic acids is 1. The molecule has 0 radical (unpaired) electrons. The molecule has 0 fully saturated rings. The highest BCUT2D eigenvalue weighted by Gasteiger charge is 2.16. The molecule has 0 aliphatic heterocycles. The van der Waals surface area contributed by atoms with E-state index in [2.05, 4.69) is 15.2 Å². The molecule has 2 aromatic heterocycles. The highest BCUT2D eigenvalue weighted by molar-refractivity contribution is 7.99. The maximum Gasteiger partial charge on any atom is 0.338 e. The van der Waals surface area contributed by atoms with Gasteiger partial charge in [-0.25, -0.2) is 14.2 Å². The van der Waals surface area contributed by atoms with E-state index in [0.717, 1.165) is 24.0 Å². The Labute approximate surface area is 99.5 Å². The number of hydrogen-bond donors (Lipinski definition) is 1. The first-order chi connectivity index (χ1) is 8.08. The van der Waals surface area contributed by atoms with Gasteiger partial charge < -0.3 is 9.67 Å². The molecular weight excluding hydrogens is 247 g/mol. The van der Waals surface area contributed by atoms with Crippen molar-refractivity contribution >= 4 is 17.7 Å². The van der Waals surface area contributed by atoms with Gasteiger partial charge >= 0.3 is 5.97 Å². The lowest BCUT2D eigenvalue weighted by molar-refractivity contribution is 0.0691. The van der Waals surface area contributed by atoms with Gasteiger partial charge in [0.2, 0.25) is 0 Å². The Morgan fingerprint density at radius 2 is 2.35 bits per heavy atom. The second-order valence-electron chi connectivity index (χ2n) is 3.14.